The molecule has 19 nitrogen and oxygen atoms in total. The first-order valence-electron chi connectivity index (χ1n) is 13.0. The van der Waals surface area contributed by atoms with Crippen LogP contribution in [0.2, 0.25) is 0 Å². The molecular weight excluding hydrogens is 830 g/mol. The molecule has 4 unspecified atom stereocenters. The molecule has 4 aromatic rings. The average molecular weight is 851 g/mol. The van der Waals surface area contributed by atoms with Crippen molar-refractivity contribution < 1.29 is 41.4 Å². The third-order valence-corrected chi connectivity index (χ3v) is 12.9. The van der Waals surface area contributed by atoms with Crippen LogP contribution in [0.3, 0.4) is 0 Å². The SMILES string of the molecule is Nc1nc2c(sc(=O)n2[C@@H]2O[C@@H]3COP(O)(=S)OC4[C@@H](F)[C@H](n5cnc6c(N)ncnc65)O[C@@H]4COP(=O)(S)O[C@@H]2C3I)c(=O)[nH]1. The fourth-order valence-corrected chi connectivity index (χ4v) is 10.1. The van der Waals surface area contributed by atoms with E-state index in [1.165, 1.54) is 17.2 Å². The zero-order chi connectivity index (χ0) is 32.7. The van der Waals surface area contributed by atoms with Gasteiger partial charge in [-0.1, -0.05) is 46.2 Å². The highest BCUT2D eigenvalue weighted by Gasteiger charge is 2.53. The highest BCUT2D eigenvalue weighted by atomic mass is 127. The number of aromatic amines is 1. The van der Waals surface area contributed by atoms with Crippen LogP contribution in [0.1, 0.15) is 12.5 Å². The normalized spacial score (nSPS) is 37.1. The molecule has 3 aliphatic heterocycles. The minimum Gasteiger partial charge on any atom is -0.382 e. The van der Waals surface area contributed by atoms with Gasteiger partial charge in [0.1, 0.15) is 34.9 Å². The first-order valence-corrected chi connectivity index (χ1v) is 20.3. The number of H-pyrrole nitrogens is 1. The maximum atomic E-state index is 16.1. The molecule has 26 heteroatoms. The van der Waals surface area contributed by atoms with Gasteiger partial charge in [0, 0.05) is 0 Å². The van der Waals surface area contributed by atoms with E-state index in [4.69, 9.17) is 50.8 Å². The Bertz CT molecular complexity index is 2070. The quantitative estimate of drug-likeness (QED) is 0.0821. The van der Waals surface area contributed by atoms with Crippen LogP contribution in [-0.4, -0.2) is 86.7 Å². The summed E-state index contributed by atoms with van der Waals surface area (Å²) in [4.78, 5) is 54.4. The first kappa shape index (κ1) is 32.9. The van der Waals surface area contributed by atoms with Gasteiger partial charge in [-0.05, 0) is 11.8 Å². The molecule has 7 heterocycles. The Hall–Kier alpha value is -1.67. The Kier molecular flexibility index (Phi) is 8.59. The van der Waals surface area contributed by atoms with Gasteiger partial charge in [0.15, 0.2) is 35.7 Å². The summed E-state index contributed by atoms with van der Waals surface area (Å²) in [5.74, 6) is -0.205. The Morgan fingerprint density at radius 2 is 1.85 bits per heavy atom. The summed E-state index contributed by atoms with van der Waals surface area (Å²) in [7, 11) is 0. The number of alkyl halides is 2. The van der Waals surface area contributed by atoms with Gasteiger partial charge in [-0.15, -0.1) is 0 Å². The van der Waals surface area contributed by atoms with Crippen LogP contribution in [0.4, 0.5) is 16.2 Å². The van der Waals surface area contributed by atoms with Crippen molar-refractivity contribution in [1.29, 1.82) is 0 Å². The van der Waals surface area contributed by atoms with Gasteiger partial charge in [-0.25, -0.2) is 23.9 Å². The summed E-state index contributed by atoms with van der Waals surface area (Å²) >= 11 is 11.8. The van der Waals surface area contributed by atoms with Crippen LogP contribution >= 0.6 is 59.7 Å². The van der Waals surface area contributed by atoms with Crippen molar-refractivity contribution in [2.24, 2.45) is 0 Å². The fraction of sp³-hybridized carbons (Fsp3) is 0.500. The zero-order valence-corrected chi connectivity index (χ0v) is 29.0. The molecule has 0 aromatic carbocycles. The predicted octanol–water partition coefficient (Wildman–Crippen LogP) is 1.16. The number of ether oxygens (including phenoxy) is 2. The minimum absolute atomic E-state index is 0.0372. The molecule has 3 saturated heterocycles. The maximum absolute atomic E-state index is 16.1. The number of hydrogen-bond acceptors (Lipinski definition) is 17. The Labute approximate surface area is 283 Å². The smallest absolute Gasteiger partial charge is 0.382 e. The number of imidazole rings is 1. The van der Waals surface area contributed by atoms with Crippen LogP contribution in [-0.2, 0) is 43.9 Å². The molecule has 2 bridgehead atoms. The molecule has 248 valence electrons. The van der Waals surface area contributed by atoms with E-state index in [9.17, 15) is 19.0 Å². The molecule has 0 radical (unpaired) electrons. The summed E-state index contributed by atoms with van der Waals surface area (Å²) in [6.45, 7) is -9.61. The van der Waals surface area contributed by atoms with E-state index >= 15 is 4.39 Å². The second-order valence-corrected chi connectivity index (χ2v) is 18.2. The van der Waals surface area contributed by atoms with Gasteiger partial charge >= 0.3 is 18.4 Å². The van der Waals surface area contributed by atoms with Crippen molar-refractivity contribution in [1.82, 2.24) is 34.1 Å². The molecule has 10 atom stereocenters. The lowest BCUT2D eigenvalue weighted by Crippen LogP contribution is -2.34. The summed E-state index contributed by atoms with van der Waals surface area (Å²) in [5.41, 5.74) is 11.2. The van der Waals surface area contributed by atoms with Gasteiger partial charge in [0.2, 0.25) is 5.95 Å². The van der Waals surface area contributed by atoms with Crippen molar-refractivity contribution in [3.05, 3.63) is 32.7 Å². The largest absolute Gasteiger partial charge is 0.386 e. The number of nitrogens with two attached hydrogens (primary N) is 2. The Balaban J connectivity index is 1.22. The molecule has 0 amide bonds. The van der Waals surface area contributed by atoms with E-state index in [0.717, 1.165) is 4.57 Å². The molecule has 0 saturated carbocycles. The van der Waals surface area contributed by atoms with E-state index in [1.54, 1.807) is 0 Å². The lowest BCUT2D eigenvalue weighted by molar-refractivity contribution is -0.0579. The van der Waals surface area contributed by atoms with E-state index in [0.29, 0.717) is 11.3 Å². The van der Waals surface area contributed by atoms with Crippen molar-refractivity contribution in [2.45, 2.75) is 47.0 Å². The summed E-state index contributed by atoms with van der Waals surface area (Å²) in [6, 6.07) is 0. The van der Waals surface area contributed by atoms with E-state index in [2.05, 4.69) is 37.2 Å². The number of thiol groups is 1. The van der Waals surface area contributed by atoms with Crippen molar-refractivity contribution in [2.75, 3.05) is 24.7 Å². The van der Waals surface area contributed by atoms with Gasteiger partial charge in [0.25, 0.3) is 5.56 Å². The molecule has 7 rings (SSSR count). The number of nitrogens with one attached hydrogen (secondary N) is 1. The van der Waals surface area contributed by atoms with Crippen LogP contribution in [0.15, 0.2) is 22.2 Å². The van der Waals surface area contributed by atoms with E-state index in [-0.39, 0.29) is 33.3 Å². The number of anilines is 2. The van der Waals surface area contributed by atoms with E-state index in [1.807, 2.05) is 22.6 Å². The summed E-state index contributed by atoms with van der Waals surface area (Å²) in [5, 5.41) is 0. The molecule has 3 aliphatic rings. The van der Waals surface area contributed by atoms with Crippen molar-refractivity contribution in [3.63, 3.8) is 0 Å². The van der Waals surface area contributed by atoms with Crippen LogP contribution in [0.25, 0.3) is 21.5 Å². The highest BCUT2D eigenvalue weighted by Crippen LogP contribution is 2.59. The van der Waals surface area contributed by atoms with Crippen molar-refractivity contribution >= 4 is 105 Å². The third-order valence-electron chi connectivity index (χ3n) is 7.25. The maximum Gasteiger partial charge on any atom is 0.386 e. The van der Waals surface area contributed by atoms with Crippen LogP contribution < -0.4 is 21.9 Å². The lowest BCUT2D eigenvalue weighted by atomic mass is 10.1. The van der Waals surface area contributed by atoms with Crippen LogP contribution in [0.5, 0.6) is 0 Å². The first-order chi connectivity index (χ1) is 21.7. The average Bonchev–Trinajstić information content (AvgIpc) is 3.71. The molecule has 0 aliphatic carbocycles. The van der Waals surface area contributed by atoms with Gasteiger partial charge < -0.3 is 30.4 Å². The second kappa shape index (κ2) is 12.0. The number of nitrogen functional groups attached to an aromatic ring is 2. The fourth-order valence-electron chi connectivity index (χ4n) is 5.26. The van der Waals surface area contributed by atoms with Crippen molar-refractivity contribution in [3.8, 4) is 0 Å². The van der Waals surface area contributed by atoms with Gasteiger partial charge in [0.05, 0.1) is 29.6 Å². The molecule has 46 heavy (non-hydrogen) atoms. The topological polar surface area (TPSA) is 256 Å². The number of halogens is 2. The summed E-state index contributed by atoms with van der Waals surface area (Å²) in [6.07, 6.45) is -7.47. The molecule has 0 spiro atoms. The predicted molar refractivity (Wildman–Crippen MR) is 174 cm³/mol. The number of hydrogen-bond donors (Lipinski definition) is 5. The zero-order valence-electron chi connectivity index (χ0n) is 22.6. The standard InChI is InChI=1S/C20H21FIN9O10P2S3/c21-7-10-6(39-17(7)30-4-27-9-13(23)25-3-26-14(9)30)2-37-43(35,45)41-11-8(22)5(1-36-42(34,44)40-10)38-18(11)31-15-12(46-20(31)33)16(32)29-19(24)28-15/h3-8,10-11,17-18H,1-2H2,(H,34,44)(H,35,45)(H2,23,25,26)(H3,24,28,29,32)/t5-,6-,7-,8?,10?,11-,17-,18-,42?,43?/m1/s1. The summed E-state index contributed by atoms with van der Waals surface area (Å²) < 4.78 is 65.8. The Morgan fingerprint density at radius 1 is 1.11 bits per heavy atom. The molecular formula is C20H21FIN9O10P2S3. The van der Waals surface area contributed by atoms with Gasteiger partial charge in [-0.2, -0.15) is 4.98 Å². The van der Waals surface area contributed by atoms with E-state index < -0.39 is 84.1 Å². The number of rotatable bonds is 2. The van der Waals surface area contributed by atoms with Crippen LogP contribution in [0, 0.1) is 0 Å². The molecule has 6 N–H and O–H groups in total. The van der Waals surface area contributed by atoms with Gasteiger partial charge in [-0.3, -0.25) is 37.3 Å². The second-order valence-electron chi connectivity index (χ2n) is 10.1. The highest BCUT2D eigenvalue weighted by molar-refractivity contribution is 14.1. The minimum atomic E-state index is -4.35. The lowest BCUT2D eigenvalue weighted by Gasteiger charge is -2.26. The molecule has 4 aromatic heterocycles. The number of aromatic nitrogens is 7. The Morgan fingerprint density at radius 3 is 2.63 bits per heavy atom. The molecule has 3 fully saturated rings. The monoisotopic (exact) mass is 851 g/mol. The number of fused-ring (bicyclic) bond motifs is 5. The third kappa shape index (κ3) is 5.83. The number of thiazole rings is 1. The number of nitrogens with zero attached hydrogens (tertiary/aromatic N) is 6.